The number of rotatable bonds is 8. The monoisotopic (exact) mass is 721 g/mol. The summed E-state index contributed by atoms with van der Waals surface area (Å²) >= 11 is 0. The van der Waals surface area contributed by atoms with Crippen LogP contribution in [0, 0.1) is 0 Å². The van der Waals surface area contributed by atoms with Gasteiger partial charge in [-0.25, -0.2) is 4.99 Å². The van der Waals surface area contributed by atoms with Crippen LogP contribution in [0.2, 0.25) is 0 Å². The predicted molar refractivity (Wildman–Crippen MR) is 239 cm³/mol. The number of hydrogen-bond acceptors (Lipinski definition) is 2. The van der Waals surface area contributed by atoms with E-state index in [0.29, 0.717) is 18.2 Å². The van der Waals surface area contributed by atoms with Crippen LogP contribution in [0.15, 0.2) is 209 Å². The zero-order valence-electron chi connectivity index (χ0n) is 31.1. The molecule has 0 atom stereocenters. The quantitative estimate of drug-likeness (QED) is 0.0735. The van der Waals surface area contributed by atoms with Crippen LogP contribution in [0.5, 0.6) is 0 Å². The van der Waals surface area contributed by atoms with E-state index in [9.17, 15) is 0 Å². The Kier molecular flexibility index (Phi) is 9.14. The number of para-hydroxylation sites is 1. The number of amidine groups is 2. The minimum atomic E-state index is 0.356. The largest absolute Gasteiger partial charge is 0.455 e. The van der Waals surface area contributed by atoms with Gasteiger partial charge in [0.15, 0.2) is 5.84 Å². The Labute approximate surface area is 326 Å². The Morgan fingerprint density at radius 2 is 1.21 bits per heavy atom. The van der Waals surface area contributed by atoms with E-state index in [1.54, 1.807) is 6.08 Å². The summed E-state index contributed by atoms with van der Waals surface area (Å²) in [4.78, 5) is 10.2. The lowest BCUT2D eigenvalue weighted by atomic mass is 9.87. The lowest BCUT2D eigenvalue weighted by Gasteiger charge is -2.18. The number of fused-ring (bicyclic) bond motifs is 8. The highest BCUT2D eigenvalue weighted by Gasteiger charge is 2.18. The van der Waals surface area contributed by atoms with Crippen LogP contribution in [0.3, 0.4) is 0 Å². The Balaban J connectivity index is 1.22. The normalized spacial score (nSPS) is 12.8. The average Bonchev–Trinajstić information content (AvgIpc) is 3.64. The summed E-state index contributed by atoms with van der Waals surface area (Å²) < 4.78 is 6.41. The molecule has 0 radical (unpaired) electrons. The lowest BCUT2D eigenvalue weighted by molar-refractivity contribution is 0.672. The summed E-state index contributed by atoms with van der Waals surface area (Å²) in [6.45, 7) is 6.32. The van der Waals surface area contributed by atoms with E-state index in [1.807, 2.05) is 67.6 Å². The molecule has 0 saturated heterocycles. The molecule has 0 fully saturated rings. The molecule has 0 unspecified atom stereocenters. The van der Waals surface area contributed by atoms with Crippen molar-refractivity contribution in [2.75, 3.05) is 0 Å². The zero-order valence-corrected chi connectivity index (χ0v) is 31.1. The highest BCUT2D eigenvalue weighted by Crippen LogP contribution is 2.42. The fraction of sp³-hybridized carbons (Fsp3) is 0.0385. The van der Waals surface area contributed by atoms with Crippen molar-refractivity contribution in [2.24, 2.45) is 15.7 Å². The SMILES string of the molecule is C=CC(=C\C=C/C)/C(N)=N/C(=N\Cc1c(-c2ccc(-c3cc4c5ccccc5oc4c4ccccc34)cc2)c2ccccc2c2ccccc12)c1ccccc1. The molecule has 56 heavy (non-hydrogen) atoms. The van der Waals surface area contributed by atoms with Crippen LogP contribution in [0.4, 0.5) is 0 Å². The van der Waals surface area contributed by atoms with Crippen molar-refractivity contribution in [2.45, 2.75) is 13.5 Å². The molecule has 9 rings (SSSR count). The maximum Gasteiger partial charge on any atom is 0.157 e. The van der Waals surface area contributed by atoms with Gasteiger partial charge in [-0.3, -0.25) is 4.99 Å². The van der Waals surface area contributed by atoms with E-state index >= 15 is 0 Å². The first kappa shape index (κ1) is 34.5. The molecule has 9 aromatic rings. The molecule has 0 aliphatic carbocycles. The number of hydrogen-bond donors (Lipinski definition) is 1. The summed E-state index contributed by atoms with van der Waals surface area (Å²) in [5.74, 6) is 0.915. The third-order valence-corrected chi connectivity index (χ3v) is 10.5. The van der Waals surface area contributed by atoms with Crippen molar-refractivity contribution < 1.29 is 4.42 Å². The van der Waals surface area contributed by atoms with E-state index in [0.717, 1.165) is 71.5 Å². The highest BCUT2D eigenvalue weighted by atomic mass is 16.3. The van der Waals surface area contributed by atoms with Crippen molar-refractivity contribution in [3.05, 3.63) is 205 Å². The van der Waals surface area contributed by atoms with E-state index in [1.165, 1.54) is 21.7 Å². The number of aliphatic imine (C=N–C) groups is 2. The molecular formula is C52H39N3O. The summed E-state index contributed by atoms with van der Waals surface area (Å²) in [6.07, 6.45) is 7.51. The molecule has 1 aromatic heterocycles. The summed E-state index contributed by atoms with van der Waals surface area (Å²) in [7, 11) is 0. The van der Waals surface area contributed by atoms with Crippen LogP contribution in [0.25, 0.3) is 76.5 Å². The standard InChI is InChI=1S/C52H39N3O/c1-3-5-17-34(4-2)51(53)55-52(37-18-7-6-8-19-37)54-33-47-40-22-10-9-20-38(40)39-21-11-13-25-43(39)49(47)36-30-28-35(29-31-36)45-32-46-42-24-15-16-27-48(42)56-50(46)44-26-14-12-23-41(44)45/h3-32H,2,33H2,1H3,(H2,53,54,55)/b5-3-,34-17+. The number of nitrogens with two attached hydrogens (primary N) is 1. The van der Waals surface area contributed by atoms with Crippen LogP contribution >= 0.6 is 0 Å². The van der Waals surface area contributed by atoms with Gasteiger partial charge in [0, 0.05) is 27.3 Å². The highest BCUT2D eigenvalue weighted by molar-refractivity contribution is 6.20. The maximum atomic E-state index is 6.60. The molecule has 0 aliphatic rings. The van der Waals surface area contributed by atoms with Crippen molar-refractivity contribution in [1.29, 1.82) is 0 Å². The van der Waals surface area contributed by atoms with Gasteiger partial charge in [-0.2, -0.15) is 0 Å². The van der Waals surface area contributed by atoms with Crippen molar-refractivity contribution in [3.8, 4) is 22.3 Å². The molecule has 0 spiro atoms. The lowest BCUT2D eigenvalue weighted by Crippen LogP contribution is -2.17. The molecule has 1 heterocycles. The zero-order chi connectivity index (χ0) is 38.0. The first-order valence-corrected chi connectivity index (χ1v) is 18.9. The molecule has 0 amide bonds. The molecule has 0 aliphatic heterocycles. The topological polar surface area (TPSA) is 63.9 Å². The third-order valence-electron chi connectivity index (χ3n) is 10.5. The van der Waals surface area contributed by atoms with Gasteiger partial charge in [-0.1, -0.05) is 176 Å². The van der Waals surface area contributed by atoms with Crippen LogP contribution in [0.1, 0.15) is 18.1 Å². The maximum absolute atomic E-state index is 6.60. The van der Waals surface area contributed by atoms with Gasteiger partial charge in [0.1, 0.15) is 17.0 Å². The van der Waals surface area contributed by atoms with Crippen molar-refractivity contribution >= 4 is 65.9 Å². The summed E-state index contributed by atoms with van der Waals surface area (Å²) in [5.41, 5.74) is 15.7. The fourth-order valence-corrected chi connectivity index (χ4v) is 7.88. The molecule has 4 heteroatoms. The van der Waals surface area contributed by atoms with Gasteiger partial charge in [-0.15, -0.1) is 0 Å². The smallest absolute Gasteiger partial charge is 0.157 e. The van der Waals surface area contributed by atoms with Gasteiger partial charge < -0.3 is 10.2 Å². The number of allylic oxidation sites excluding steroid dienone is 3. The molecule has 0 bridgehead atoms. The molecule has 4 nitrogen and oxygen atoms in total. The van der Waals surface area contributed by atoms with Crippen molar-refractivity contribution in [1.82, 2.24) is 0 Å². The van der Waals surface area contributed by atoms with Gasteiger partial charge in [0.05, 0.1) is 6.54 Å². The van der Waals surface area contributed by atoms with Crippen LogP contribution < -0.4 is 5.73 Å². The predicted octanol–water partition coefficient (Wildman–Crippen LogP) is 13.4. The fourth-order valence-electron chi connectivity index (χ4n) is 7.88. The summed E-state index contributed by atoms with van der Waals surface area (Å²) in [6, 6.07) is 55.4. The Bertz CT molecular complexity index is 3070. The molecule has 0 saturated carbocycles. The van der Waals surface area contributed by atoms with E-state index in [4.69, 9.17) is 20.1 Å². The second-order valence-electron chi connectivity index (χ2n) is 13.8. The minimum Gasteiger partial charge on any atom is -0.455 e. The van der Waals surface area contributed by atoms with Crippen LogP contribution in [-0.4, -0.2) is 11.7 Å². The van der Waals surface area contributed by atoms with Gasteiger partial charge in [-0.05, 0) is 73.8 Å². The Hall–Kier alpha value is -7.30. The number of nitrogens with zero attached hydrogens (tertiary/aromatic N) is 2. The Morgan fingerprint density at radius 1 is 0.625 bits per heavy atom. The van der Waals surface area contributed by atoms with Crippen molar-refractivity contribution in [3.63, 3.8) is 0 Å². The van der Waals surface area contributed by atoms with Gasteiger partial charge >= 0.3 is 0 Å². The van der Waals surface area contributed by atoms with Gasteiger partial charge in [0.2, 0.25) is 0 Å². The molecular weight excluding hydrogens is 683 g/mol. The number of furan rings is 1. The van der Waals surface area contributed by atoms with E-state index < -0.39 is 0 Å². The molecule has 2 N–H and O–H groups in total. The molecule has 8 aromatic carbocycles. The first-order valence-electron chi connectivity index (χ1n) is 18.9. The second-order valence-corrected chi connectivity index (χ2v) is 13.8. The summed E-state index contributed by atoms with van der Waals surface area (Å²) in [5, 5.41) is 9.22. The first-order chi connectivity index (χ1) is 27.6. The Morgan fingerprint density at radius 3 is 1.93 bits per heavy atom. The number of benzene rings is 8. The second kappa shape index (κ2) is 14.8. The molecule has 268 valence electrons. The third kappa shape index (κ3) is 6.17. The average molecular weight is 722 g/mol. The van der Waals surface area contributed by atoms with Crippen LogP contribution in [-0.2, 0) is 6.54 Å². The van der Waals surface area contributed by atoms with Gasteiger partial charge in [0.25, 0.3) is 0 Å². The van der Waals surface area contributed by atoms with E-state index in [-0.39, 0.29) is 0 Å². The van der Waals surface area contributed by atoms with E-state index in [2.05, 4.69) is 122 Å². The minimum absolute atomic E-state index is 0.356.